The molecular formula is C13H15IN2O2. The average Bonchev–Trinajstić information content (AvgIpc) is 3.11. The lowest BCUT2D eigenvalue weighted by atomic mass is 10.1. The molecule has 1 aromatic rings. The lowest BCUT2D eigenvalue weighted by Crippen LogP contribution is -2.46. The summed E-state index contributed by atoms with van der Waals surface area (Å²) in [5.41, 5.74) is 6.34. The van der Waals surface area contributed by atoms with Crippen LogP contribution in [0, 0.1) is 9.49 Å². The van der Waals surface area contributed by atoms with Gasteiger partial charge in [-0.15, -0.1) is 0 Å². The highest BCUT2D eigenvalue weighted by atomic mass is 127. The first-order chi connectivity index (χ1) is 8.56. The Hall–Kier alpha value is -1.11. The molecule has 2 amide bonds. The van der Waals surface area contributed by atoms with Crippen LogP contribution in [-0.2, 0) is 16.0 Å². The molecule has 0 unspecified atom stereocenters. The number of carbonyl (C=O) groups excluding carboxylic acids is 2. The Morgan fingerprint density at radius 3 is 2.72 bits per heavy atom. The summed E-state index contributed by atoms with van der Waals surface area (Å²) in [6, 6.07) is 7.21. The molecule has 5 heteroatoms. The third-order valence-corrected chi connectivity index (χ3v) is 3.61. The molecule has 0 bridgehead atoms. The summed E-state index contributed by atoms with van der Waals surface area (Å²) < 4.78 is 1.10. The van der Waals surface area contributed by atoms with Crippen molar-refractivity contribution in [3.8, 4) is 0 Å². The van der Waals surface area contributed by atoms with Crippen LogP contribution in [0.15, 0.2) is 24.3 Å². The second-order valence-electron chi connectivity index (χ2n) is 4.57. The van der Waals surface area contributed by atoms with Gasteiger partial charge in [0.1, 0.15) is 6.04 Å². The second kappa shape index (κ2) is 5.69. The highest BCUT2D eigenvalue weighted by molar-refractivity contribution is 14.1. The molecule has 0 aliphatic heterocycles. The smallest absolute Gasteiger partial charge is 0.240 e. The molecule has 1 atom stereocenters. The van der Waals surface area contributed by atoms with E-state index in [0.29, 0.717) is 6.42 Å². The van der Waals surface area contributed by atoms with Crippen molar-refractivity contribution in [1.29, 1.82) is 0 Å². The number of nitrogens with one attached hydrogen (secondary N) is 1. The predicted octanol–water partition coefficient (Wildman–Crippen LogP) is 1.21. The highest BCUT2D eigenvalue weighted by Gasteiger charge is 2.32. The standard InChI is InChI=1S/C13H15IN2O2/c14-10-3-1-2-8(6-10)7-11(12(15)17)16-13(18)9-4-5-9/h1-3,6,9,11H,4-5,7H2,(H2,15,17)(H,16,18)/t11-/m0/s1. The van der Waals surface area contributed by atoms with E-state index >= 15 is 0 Å². The van der Waals surface area contributed by atoms with Crippen molar-refractivity contribution < 1.29 is 9.59 Å². The van der Waals surface area contributed by atoms with Crippen molar-refractivity contribution in [3.05, 3.63) is 33.4 Å². The number of amides is 2. The van der Waals surface area contributed by atoms with Gasteiger partial charge in [-0.2, -0.15) is 0 Å². The third-order valence-electron chi connectivity index (χ3n) is 2.94. The van der Waals surface area contributed by atoms with E-state index in [4.69, 9.17) is 5.73 Å². The SMILES string of the molecule is NC(=O)[C@H](Cc1cccc(I)c1)NC(=O)C1CC1. The number of benzene rings is 1. The van der Waals surface area contributed by atoms with Gasteiger partial charge in [0.25, 0.3) is 0 Å². The van der Waals surface area contributed by atoms with E-state index in [1.165, 1.54) is 0 Å². The van der Waals surface area contributed by atoms with Crippen molar-refractivity contribution in [2.24, 2.45) is 11.7 Å². The maximum absolute atomic E-state index is 11.7. The molecule has 0 heterocycles. The molecule has 0 radical (unpaired) electrons. The Balaban J connectivity index is 2.01. The van der Waals surface area contributed by atoms with Gasteiger partial charge in [-0.05, 0) is 53.1 Å². The second-order valence-corrected chi connectivity index (χ2v) is 5.82. The molecule has 0 saturated heterocycles. The molecule has 96 valence electrons. The Labute approximate surface area is 119 Å². The molecule has 2 rings (SSSR count). The minimum Gasteiger partial charge on any atom is -0.368 e. The molecule has 4 nitrogen and oxygen atoms in total. The van der Waals surface area contributed by atoms with Crippen molar-refractivity contribution in [3.63, 3.8) is 0 Å². The number of hydrogen-bond donors (Lipinski definition) is 2. The quantitative estimate of drug-likeness (QED) is 0.777. The molecular weight excluding hydrogens is 343 g/mol. The summed E-state index contributed by atoms with van der Waals surface area (Å²) in [6.45, 7) is 0. The zero-order valence-electron chi connectivity index (χ0n) is 9.86. The maximum Gasteiger partial charge on any atom is 0.240 e. The monoisotopic (exact) mass is 358 g/mol. The van der Waals surface area contributed by atoms with E-state index in [1.54, 1.807) is 0 Å². The van der Waals surface area contributed by atoms with E-state index in [9.17, 15) is 9.59 Å². The van der Waals surface area contributed by atoms with Crippen LogP contribution in [0.25, 0.3) is 0 Å². The number of halogens is 1. The van der Waals surface area contributed by atoms with Crippen LogP contribution in [0.1, 0.15) is 18.4 Å². The third kappa shape index (κ3) is 3.69. The van der Waals surface area contributed by atoms with Gasteiger partial charge in [0, 0.05) is 15.9 Å². The van der Waals surface area contributed by atoms with E-state index < -0.39 is 11.9 Å². The summed E-state index contributed by atoms with van der Waals surface area (Å²) in [5, 5.41) is 2.73. The topological polar surface area (TPSA) is 72.2 Å². The van der Waals surface area contributed by atoms with E-state index in [1.807, 2.05) is 24.3 Å². The first kappa shape index (κ1) is 13.3. The van der Waals surface area contributed by atoms with Gasteiger partial charge < -0.3 is 11.1 Å². The van der Waals surface area contributed by atoms with E-state index in [2.05, 4.69) is 27.9 Å². The van der Waals surface area contributed by atoms with Crippen LogP contribution >= 0.6 is 22.6 Å². The van der Waals surface area contributed by atoms with Gasteiger partial charge in [-0.1, -0.05) is 12.1 Å². The van der Waals surface area contributed by atoms with Crippen molar-refractivity contribution in [2.45, 2.75) is 25.3 Å². The van der Waals surface area contributed by atoms with Crippen LogP contribution in [0.3, 0.4) is 0 Å². The van der Waals surface area contributed by atoms with E-state index in [0.717, 1.165) is 22.0 Å². The lowest BCUT2D eigenvalue weighted by Gasteiger charge is -2.15. The number of primary amides is 1. The Bertz CT molecular complexity index is 472. The van der Waals surface area contributed by atoms with Crippen LogP contribution in [0.4, 0.5) is 0 Å². The van der Waals surface area contributed by atoms with Crippen LogP contribution in [-0.4, -0.2) is 17.9 Å². The van der Waals surface area contributed by atoms with Gasteiger partial charge in [0.15, 0.2) is 0 Å². The Kier molecular flexibility index (Phi) is 4.21. The summed E-state index contributed by atoms with van der Waals surface area (Å²) in [7, 11) is 0. The highest BCUT2D eigenvalue weighted by Crippen LogP contribution is 2.29. The Morgan fingerprint density at radius 2 is 2.17 bits per heavy atom. The number of carbonyl (C=O) groups is 2. The maximum atomic E-state index is 11.7. The molecule has 0 aromatic heterocycles. The first-order valence-corrected chi connectivity index (χ1v) is 6.98. The molecule has 0 spiro atoms. The summed E-state index contributed by atoms with van der Waals surface area (Å²) in [5.74, 6) is -0.449. The summed E-state index contributed by atoms with van der Waals surface area (Å²) in [4.78, 5) is 23.0. The fourth-order valence-corrected chi connectivity index (χ4v) is 2.37. The van der Waals surface area contributed by atoms with Crippen LogP contribution < -0.4 is 11.1 Å². The normalized spacial score (nSPS) is 16.1. The average molecular weight is 358 g/mol. The van der Waals surface area contributed by atoms with Crippen molar-refractivity contribution in [2.75, 3.05) is 0 Å². The number of hydrogen-bond acceptors (Lipinski definition) is 2. The number of nitrogens with two attached hydrogens (primary N) is 1. The van der Waals surface area contributed by atoms with Crippen LogP contribution in [0.2, 0.25) is 0 Å². The predicted molar refractivity (Wildman–Crippen MR) is 76.7 cm³/mol. The molecule has 1 aliphatic carbocycles. The largest absolute Gasteiger partial charge is 0.368 e. The summed E-state index contributed by atoms with van der Waals surface area (Å²) in [6.07, 6.45) is 2.28. The Morgan fingerprint density at radius 1 is 1.44 bits per heavy atom. The fourth-order valence-electron chi connectivity index (χ4n) is 1.76. The zero-order valence-corrected chi connectivity index (χ0v) is 12.0. The molecule has 1 saturated carbocycles. The summed E-state index contributed by atoms with van der Waals surface area (Å²) >= 11 is 2.21. The molecule has 18 heavy (non-hydrogen) atoms. The zero-order chi connectivity index (χ0) is 13.1. The van der Waals surface area contributed by atoms with Gasteiger partial charge in [-0.25, -0.2) is 0 Å². The van der Waals surface area contributed by atoms with Crippen molar-refractivity contribution in [1.82, 2.24) is 5.32 Å². The fraction of sp³-hybridized carbons (Fsp3) is 0.385. The molecule has 1 aliphatic rings. The molecule has 1 fully saturated rings. The van der Waals surface area contributed by atoms with E-state index in [-0.39, 0.29) is 11.8 Å². The minimum absolute atomic E-state index is 0.0515. The molecule has 3 N–H and O–H groups in total. The van der Waals surface area contributed by atoms with Gasteiger partial charge in [0.2, 0.25) is 11.8 Å². The molecule has 1 aromatic carbocycles. The van der Waals surface area contributed by atoms with Gasteiger partial charge in [-0.3, -0.25) is 9.59 Å². The van der Waals surface area contributed by atoms with Gasteiger partial charge in [0.05, 0.1) is 0 Å². The lowest BCUT2D eigenvalue weighted by molar-refractivity contribution is -0.128. The first-order valence-electron chi connectivity index (χ1n) is 5.90. The van der Waals surface area contributed by atoms with Crippen molar-refractivity contribution >= 4 is 34.4 Å². The van der Waals surface area contributed by atoms with Gasteiger partial charge >= 0.3 is 0 Å². The minimum atomic E-state index is -0.615. The number of rotatable bonds is 5. The van der Waals surface area contributed by atoms with Crippen LogP contribution in [0.5, 0.6) is 0 Å².